The highest BCUT2D eigenvalue weighted by Gasteiger charge is 2.11. The Balaban J connectivity index is 2.26. The molecule has 0 saturated heterocycles. The Morgan fingerprint density at radius 1 is 1.35 bits per heavy atom. The van der Waals surface area contributed by atoms with Crippen molar-refractivity contribution in [3.8, 4) is 11.3 Å². The van der Waals surface area contributed by atoms with Crippen LogP contribution in [0.5, 0.6) is 0 Å². The summed E-state index contributed by atoms with van der Waals surface area (Å²) in [6.45, 7) is 0. The quantitative estimate of drug-likeness (QED) is 0.754. The van der Waals surface area contributed by atoms with Gasteiger partial charge in [-0.25, -0.2) is 9.78 Å². The Morgan fingerprint density at radius 2 is 2.24 bits per heavy atom. The summed E-state index contributed by atoms with van der Waals surface area (Å²) in [7, 11) is 0. The first-order valence-corrected chi connectivity index (χ1v) is 5.94. The van der Waals surface area contributed by atoms with E-state index < -0.39 is 5.97 Å². The van der Waals surface area contributed by atoms with Gasteiger partial charge in [0.05, 0.1) is 5.69 Å². The minimum atomic E-state index is -0.954. The molecule has 0 spiro atoms. The van der Waals surface area contributed by atoms with Gasteiger partial charge in [-0.2, -0.15) is 11.3 Å². The van der Waals surface area contributed by atoms with Crippen LogP contribution >= 0.6 is 11.3 Å². The van der Waals surface area contributed by atoms with E-state index in [1.54, 1.807) is 40.1 Å². The number of imidazole rings is 1. The van der Waals surface area contributed by atoms with Gasteiger partial charge >= 0.3 is 5.97 Å². The summed E-state index contributed by atoms with van der Waals surface area (Å²) in [5.74, 6) is -0.954. The summed E-state index contributed by atoms with van der Waals surface area (Å²) in [6.07, 6.45) is 1.75. The third-order valence-corrected chi connectivity index (χ3v) is 3.21. The van der Waals surface area contributed by atoms with Crippen molar-refractivity contribution in [3.05, 3.63) is 46.9 Å². The lowest BCUT2D eigenvalue weighted by Gasteiger charge is -1.97. The maximum absolute atomic E-state index is 11.1. The summed E-state index contributed by atoms with van der Waals surface area (Å²) >= 11 is 1.59. The molecule has 0 radical (unpaired) electrons. The van der Waals surface area contributed by atoms with Gasteiger partial charge in [-0.15, -0.1) is 0 Å². The number of hydrogen-bond acceptors (Lipinski definition) is 3. The Morgan fingerprint density at radius 3 is 2.94 bits per heavy atom. The van der Waals surface area contributed by atoms with Crippen molar-refractivity contribution in [2.45, 2.75) is 0 Å². The second-order valence-electron chi connectivity index (χ2n) is 3.58. The smallest absolute Gasteiger partial charge is 0.352 e. The minimum absolute atomic E-state index is 0.219. The van der Waals surface area contributed by atoms with E-state index in [4.69, 9.17) is 5.11 Å². The van der Waals surface area contributed by atoms with Gasteiger partial charge in [-0.05, 0) is 23.6 Å². The van der Waals surface area contributed by atoms with Crippen LogP contribution in [0, 0.1) is 0 Å². The molecule has 0 fully saturated rings. The molecule has 4 nitrogen and oxygen atoms in total. The van der Waals surface area contributed by atoms with E-state index in [1.165, 1.54) is 0 Å². The molecule has 0 aliphatic rings. The fraction of sp³-hybridized carbons (Fsp3) is 0. The zero-order valence-electron chi connectivity index (χ0n) is 8.70. The lowest BCUT2D eigenvalue weighted by Crippen LogP contribution is -2.03. The zero-order valence-corrected chi connectivity index (χ0v) is 9.52. The van der Waals surface area contributed by atoms with E-state index >= 15 is 0 Å². The molecule has 0 amide bonds. The van der Waals surface area contributed by atoms with Gasteiger partial charge in [-0.1, -0.05) is 6.07 Å². The Labute approximate surface area is 101 Å². The average molecular weight is 244 g/mol. The number of nitrogens with zero attached hydrogens (tertiary/aromatic N) is 2. The fourth-order valence-electron chi connectivity index (χ4n) is 1.73. The largest absolute Gasteiger partial charge is 0.477 e. The minimum Gasteiger partial charge on any atom is -0.477 e. The lowest BCUT2D eigenvalue weighted by atomic mass is 10.3. The van der Waals surface area contributed by atoms with Gasteiger partial charge in [-0.3, -0.25) is 4.40 Å². The van der Waals surface area contributed by atoms with Crippen molar-refractivity contribution in [2.75, 3.05) is 0 Å². The van der Waals surface area contributed by atoms with Crippen LogP contribution in [0.4, 0.5) is 0 Å². The van der Waals surface area contributed by atoms with Crippen molar-refractivity contribution in [1.29, 1.82) is 0 Å². The molecule has 0 unspecified atom stereocenters. The first kappa shape index (κ1) is 10.0. The summed E-state index contributed by atoms with van der Waals surface area (Å²) in [4.78, 5) is 15.5. The maximum atomic E-state index is 11.1. The molecule has 3 aromatic rings. The average Bonchev–Trinajstić information content (AvgIpc) is 2.96. The van der Waals surface area contributed by atoms with Gasteiger partial charge in [0.25, 0.3) is 0 Å². The third-order valence-electron chi connectivity index (χ3n) is 2.53. The number of carboxylic acids is 1. The zero-order chi connectivity index (χ0) is 11.8. The van der Waals surface area contributed by atoms with E-state index in [2.05, 4.69) is 4.98 Å². The van der Waals surface area contributed by atoms with Gasteiger partial charge < -0.3 is 5.11 Å². The first-order chi connectivity index (χ1) is 8.25. The summed E-state index contributed by atoms with van der Waals surface area (Å²) in [5.41, 5.74) is 2.66. The fourth-order valence-corrected chi connectivity index (χ4v) is 2.38. The molecule has 3 rings (SSSR count). The van der Waals surface area contributed by atoms with Crippen molar-refractivity contribution in [3.63, 3.8) is 0 Å². The number of fused-ring (bicyclic) bond motifs is 1. The molecule has 1 N–H and O–H groups in total. The van der Waals surface area contributed by atoms with Crippen molar-refractivity contribution in [1.82, 2.24) is 9.38 Å². The highest BCUT2D eigenvalue weighted by molar-refractivity contribution is 7.08. The van der Waals surface area contributed by atoms with Crippen LogP contribution in [0.25, 0.3) is 16.9 Å². The van der Waals surface area contributed by atoms with Crippen LogP contribution in [-0.4, -0.2) is 20.5 Å². The molecular weight excluding hydrogens is 236 g/mol. The van der Waals surface area contributed by atoms with Crippen LogP contribution in [-0.2, 0) is 0 Å². The number of hydrogen-bond donors (Lipinski definition) is 1. The summed E-state index contributed by atoms with van der Waals surface area (Å²) < 4.78 is 1.59. The molecule has 17 heavy (non-hydrogen) atoms. The molecule has 84 valence electrons. The topological polar surface area (TPSA) is 54.6 Å². The second-order valence-corrected chi connectivity index (χ2v) is 4.36. The SMILES string of the molecule is O=C(O)c1cccc2nc(-c3ccsc3)cn12. The van der Waals surface area contributed by atoms with Crippen LogP contribution in [0.3, 0.4) is 0 Å². The Kier molecular flexibility index (Phi) is 2.19. The number of aromatic carboxylic acids is 1. The van der Waals surface area contributed by atoms with Crippen LogP contribution < -0.4 is 0 Å². The number of aromatic nitrogens is 2. The van der Waals surface area contributed by atoms with Crippen molar-refractivity contribution < 1.29 is 9.90 Å². The molecule has 3 heterocycles. The molecule has 0 aromatic carbocycles. The first-order valence-electron chi connectivity index (χ1n) is 5.00. The molecule has 0 aliphatic heterocycles. The molecule has 0 bridgehead atoms. The van der Waals surface area contributed by atoms with Gasteiger partial charge in [0.15, 0.2) is 0 Å². The highest BCUT2D eigenvalue weighted by atomic mass is 32.1. The third kappa shape index (κ3) is 1.60. The monoisotopic (exact) mass is 244 g/mol. The molecule has 3 aromatic heterocycles. The molecular formula is C12H8N2O2S. The molecule has 0 aliphatic carbocycles. The predicted molar refractivity (Wildman–Crippen MR) is 65.5 cm³/mol. The van der Waals surface area contributed by atoms with E-state index in [-0.39, 0.29) is 5.69 Å². The lowest BCUT2D eigenvalue weighted by molar-refractivity contribution is 0.0689. The van der Waals surface area contributed by atoms with Gasteiger partial charge in [0, 0.05) is 17.1 Å². The summed E-state index contributed by atoms with van der Waals surface area (Å²) in [5, 5.41) is 13.0. The molecule has 0 saturated carbocycles. The number of carboxylic acid groups (broad SMARTS) is 1. The van der Waals surface area contributed by atoms with E-state index in [0.29, 0.717) is 5.65 Å². The van der Waals surface area contributed by atoms with E-state index in [9.17, 15) is 4.79 Å². The van der Waals surface area contributed by atoms with Crippen LogP contribution in [0.1, 0.15) is 10.5 Å². The van der Waals surface area contributed by atoms with E-state index in [0.717, 1.165) is 11.3 Å². The summed E-state index contributed by atoms with van der Waals surface area (Å²) in [6, 6.07) is 7.02. The predicted octanol–water partition coefficient (Wildman–Crippen LogP) is 2.76. The van der Waals surface area contributed by atoms with Gasteiger partial charge in [0.2, 0.25) is 0 Å². The molecule has 5 heteroatoms. The second kappa shape index (κ2) is 3.71. The Bertz CT molecular complexity index is 686. The van der Waals surface area contributed by atoms with Crippen molar-refractivity contribution >= 4 is 23.0 Å². The van der Waals surface area contributed by atoms with Crippen molar-refractivity contribution in [2.24, 2.45) is 0 Å². The highest BCUT2D eigenvalue weighted by Crippen LogP contribution is 2.22. The number of pyridine rings is 1. The molecule has 0 atom stereocenters. The van der Waals surface area contributed by atoms with E-state index in [1.807, 2.05) is 16.8 Å². The number of thiophene rings is 1. The normalized spacial score (nSPS) is 10.8. The number of carbonyl (C=O) groups is 1. The number of rotatable bonds is 2. The van der Waals surface area contributed by atoms with Gasteiger partial charge in [0.1, 0.15) is 11.3 Å². The van der Waals surface area contributed by atoms with Crippen LogP contribution in [0.15, 0.2) is 41.2 Å². The maximum Gasteiger partial charge on any atom is 0.352 e. The standard InChI is InChI=1S/C12H8N2O2S/c15-12(16)10-2-1-3-11-13-9(6-14(10)11)8-4-5-17-7-8/h1-7H,(H,15,16). The Hall–Kier alpha value is -2.14. The van der Waals surface area contributed by atoms with Crippen LogP contribution in [0.2, 0.25) is 0 Å².